The first-order valence-corrected chi connectivity index (χ1v) is 16.2. The Balaban J connectivity index is 1.46. The number of aliphatic hydroxyl groups excluding tert-OH is 1. The first-order chi connectivity index (χ1) is 21.7. The minimum atomic E-state index is -1.04. The van der Waals surface area contributed by atoms with Crippen LogP contribution in [-0.4, -0.2) is 50.1 Å². The summed E-state index contributed by atoms with van der Waals surface area (Å²) in [4.78, 5) is 33.5. The van der Waals surface area contributed by atoms with Crippen molar-refractivity contribution >= 4 is 62.9 Å². The number of carbonyl (C=O) groups is 2. The Kier molecular flexibility index (Phi) is 8.54. The van der Waals surface area contributed by atoms with Gasteiger partial charge in [-0.15, -0.1) is 10.2 Å². The number of halogens is 1. The van der Waals surface area contributed by atoms with Crippen LogP contribution in [0.1, 0.15) is 41.0 Å². The van der Waals surface area contributed by atoms with Crippen LogP contribution < -0.4 is 14.4 Å². The highest BCUT2D eigenvalue weighted by molar-refractivity contribution is 8.00. The van der Waals surface area contributed by atoms with Crippen molar-refractivity contribution < 1.29 is 24.2 Å². The Labute approximate surface area is 272 Å². The number of methoxy groups -OCH3 is 1. The molecule has 0 saturated carbocycles. The number of aliphatic hydroxyl groups is 1. The molecule has 0 radical (unpaired) electrons. The molecule has 1 saturated heterocycles. The zero-order valence-electron chi connectivity index (χ0n) is 24.8. The molecule has 1 amide bonds. The molecular formula is C32H28ClN5O5S2. The number of anilines is 1. The zero-order valence-corrected chi connectivity index (χ0v) is 27.2. The molecule has 45 heavy (non-hydrogen) atoms. The average Bonchev–Trinajstić information content (AvgIpc) is 3.72. The molecule has 1 N–H and O–H groups in total. The number of Topliss-reactive ketones (excluding diaryl/α,β-unsaturated/α-hetero) is 1. The topological polar surface area (TPSA) is 119 Å². The zero-order chi connectivity index (χ0) is 31.8. The van der Waals surface area contributed by atoms with Gasteiger partial charge in [-0.05, 0) is 67.8 Å². The van der Waals surface area contributed by atoms with Crippen molar-refractivity contribution in [2.75, 3.05) is 18.6 Å². The summed E-state index contributed by atoms with van der Waals surface area (Å²) in [6.07, 6.45) is 1.83. The predicted molar refractivity (Wildman–Crippen MR) is 175 cm³/mol. The van der Waals surface area contributed by atoms with Crippen LogP contribution in [0.2, 0.25) is 5.02 Å². The van der Waals surface area contributed by atoms with Crippen LogP contribution in [0.25, 0.3) is 11.4 Å². The molecule has 1 atom stereocenters. The van der Waals surface area contributed by atoms with Crippen molar-refractivity contribution in [3.8, 4) is 11.5 Å². The summed E-state index contributed by atoms with van der Waals surface area (Å²) in [5.41, 5.74) is 3.81. The SMILES string of the molecule is CCOc1ccc(C2C(=C(O)c3nc4c(C)cccn4c3C)C(=O)C(=O)N2c2nnc(SCc3ccc(Cl)cc3)s2)cc1OC. The molecule has 0 bridgehead atoms. The van der Waals surface area contributed by atoms with Crippen LogP contribution in [0.15, 0.2) is 70.7 Å². The number of pyridine rings is 1. The monoisotopic (exact) mass is 661 g/mol. The van der Waals surface area contributed by atoms with Crippen molar-refractivity contribution in [3.05, 3.63) is 99.5 Å². The lowest BCUT2D eigenvalue weighted by atomic mass is 9.96. The van der Waals surface area contributed by atoms with Gasteiger partial charge in [0.1, 0.15) is 11.3 Å². The van der Waals surface area contributed by atoms with Gasteiger partial charge in [-0.25, -0.2) is 4.98 Å². The summed E-state index contributed by atoms with van der Waals surface area (Å²) < 4.78 is 13.7. The van der Waals surface area contributed by atoms with E-state index in [0.717, 1.165) is 11.1 Å². The lowest BCUT2D eigenvalue weighted by molar-refractivity contribution is -0.132. The number of benzene rings is 2. The molecule has 3 aromatic heterocycles. The minimum Gasteiger partial charge on any atom is -0.505 e. The summed E-state index contributed by atoms with van der Waals surface area (Å²) in [6.45, 7) is 5.99. The number of fused-ring (bicyclic) bond motifs is 1. The van der Waals surface area contributed by atoms with Gasteiger partial charge < -0.3 is 19.0 Å². The maximum atomic E-state index is 13.8. The van der Waals surface area contributed by atoms with Crippen LogP contribution in [0, 0.1) is 13.8 Å². The largest absolute Gasteiger partial charge is 0.505 e. The second kappa shape index (κ2) is 12.5. The number of rotatable bonds is 9. The number of amides is 1. The van der Waals surface area contributed by atoms with Gasteiger partial charge in [0.2, 0.25) is 5.13 Å². The van der Waals surface area contributed by atoms with E-state index in [-0.39, 0.29) is 22.2 Å². The van der Waals surface area contributed by atoms with E-state index in [1.165, 1.54) is 35.1 Å². The second-order valence-corrected chi connectivity index (χ2v) is 12.8. The maximum Gasteiger partial charge on any atom is 0.301 e. The molecule has 1 aliphatic rings. The Morgan fingerprint density at radius 2 is 1.87 bits per heavy atom. The first-order valence-electron chi connectivity index (χ1n) is 14.0. The van der Waals surface area contributed by atoms with Gasteiger partial charge in [-0.3, -0.25) is 14.5 Å². The Hall–Kier alpha value is -4.39. The van der Waals surface area contributed by atoms with E-state index in [1.807, 2.05) is 60.8 Å². The number of ketones is 1. The fourth-order valence-corrected chi connectivity index (χ4v) is 7.18. The Morgan fingerprint density at radius 3 is 2.58 bits per heavy atom. The number of imidazole rings is 1. The molecule has 5 aromatic rings. The van der Waals surface area contributed by atoms with Crippen LogP contribution in [-0.2, 0) is 15.3 Å². The lowest BCUT2D eigenvalue weighted by Gasteiger charge is -2.23. The van der Waals surface area contributed by atoms with Crippen LogP contribution >= 0.6 is 34.7 Å². The van der Waals surface area contributed by atoms with Gasteiger partial charge in [0.05, 0.1) is 31.0 Å². The average molecular weight is 662 g/mol. The number of nitrogens with zero attached hydrogens (tertiary/aromatic N) is 5. The van der Waals surface area contributed by atoms with Crippen LogP contribution in [0.4, 0.5) is 5.13 Å². The highest BCUT2D eigenvalue weighted by atomic mass is 35.5. The third-order valence-electron chi connectivity index (χ3n) is 7.43. The van der Waals surface area contributed by atoms with Gasteiger partial charge in [-0.1, -0.05) is 59.0 Å². The van der Waals surface area contributed by atoms with E-state index in [1.54, 1.807) is 25.1 Å². The summed E-state index contributed by atoms with van der Waals surface area (Å²) >= 11 is 8.65. The smallest absolute Gasteiger partial charge is 0.301 e. The van der Waals surface area contributed by atoms with Gasteiger partial charge in [0, 0.05) is 17.0 Å². The van der Waals surface area contributed by atoms with Gasteiger partial charge in [-0.2, -0.15) is 0 Å². The van der Waals surface area contributed by atoms with E-state index in [0.29, 0.717) is 50.1 Å². The van der Waals surface area contributed by atoms with Gasteiger partial charge in [0.25, 0.3) is 5.78 Å². The number of ether oxygens (including phenoxy) is 2. The molecule has 0 aliphatic carbocycles. The number of aryl methyl sites for hydroxylation is 2. The van der Waals surface area contributed by atoms with Crippen molar-refractivity contribution in [2.24, 2.45) is 0 Å². The van der Waals surface area contributed by atoms with Crippen molar-refractivity contribution in [3.63, 3.8) is 0 Å². The Morgan fingerprint density at radius 1 is 1.09 bits per heavy atom. The summed E-state index contributed by atoms with van der Waals surface area (Å²) in [7, 11) is 1.51. The number of thioether (sulfide) groups is 1. The van der Waals surface area contributed by atoms with Gasteiger partial charge >= 0.3 is 5.91 Å². The highest BCUT2D eigenvalue weighted by Crippen LogP contribution is 2.46. The molecular weight excluding hydrogens is 634 g/mol. The second-order valence-electron chi connectivity index (χ2n) is 10.2. The summed E-state index contributed by atoms with van der Waals surface area (Å²) in [5.74, 6) is -0.547. The molecule has 1 aliphatic heterocycles. The number of aromatic nitrogens is 4. The fourth-order valence-electron chi connectivity index (χ4n) is 5.23. The van der Waals surface area contributed by atoms with Crippen LogP contribution in [0.5, 0.6) is 11.5 Å². The molecule has 1 fully saturated rings. The molecule has 6 rings (SSSR count). The van der Waals surface area contributed by atoms with Gasteiger partial charge in [0.15, 0.2) is 21.6 Å². The summed E-state index contributed by atoms with van der Waals surface area (Å²) in [6, 6.07) is 15.4. The standard InChI is InChI=1S/C32H28ClN5O5S2/c1-5-43-22-13-10-20(15-23(22)42-4)26-24(27(39)25-18(3)37-14-6-7-17(2)29(37)34-25)28(40)30(41)38(26)31-35-36-32(45-31)44-16-19-8-11-21(33)12-9-19/h6-15,26,39H,5,16H2,1-4H3. The van der Waals surface area contributed by atoms with E-state index >= 15 is 0 Å². The van der Waals surface area contributed by atoms with Crippen molar-refractivity contribution in [1.29, 1.82) is 0 Å². The lowest BCUT2D eigenvalue weighted by Crippen LogP contribution is -2.29. The molecule has 2 aromatic carbocycles. The molecule has 0 spiro atoms. The number of hydrogen-bond donors (Lipinski definition) is 1. The molecule has 10 nitrogen and oxygen atoms in total. The number of carbonyl (C=O) groups excluding carboxylic acids is 2. The third-order valence-corrected chi connectivity index (χ3v) is 9.81. The van der Waals surface area contributed by atoms with E-state index in [2.05, 4.69) is 15.2 Å². The molecule has 13 heteroatoms. The van der Waals surface area contributed by atoms with Crippen molar-refractivity contribution in [1.82, 2.24) is 19.6 Å². The maximum absolute atomic E-state index is 13.8. The predicted octanol–water partition coefficient (Wildman–Crippen LogP) is 6.78. The van der Waals surface area contributed by atoms with E-state index < -0.39 is 17.7 Å². The first kappa shape index (κ1) is 30.6. The Bertz CT molecular complexity index is 1970. The molecule has 230 valence electrons. The fraction of sp³-hybridized carbons (Fsp3) is 0.219. The quantitative estimate of drug-likeness (QED) is 0.0599. The highest BCUT2D eigenvalue weighted by Gasteiger charge is 2.49. The van der Waals surface area contributed by atoms with Crippen molar-refractivity contribution in [2.45, 2.75) is 36.9 Å². The normalized spacial score (nSPS) is 16.1. The number of hydrogen-bond acceptors (Lipinski definition) is 10. The third kappa shape index (κ3) is 5.65. The minimum absolute atomic E-state index is 0.110. The van der Waals surface area contributed by atoms with E-state index in [4.69, 9.17) is 21.1 Å². The summed E-state index contributed by atoms with van der Waals surface area (Å²) in [5, 5.41) is 21.2. The molecule has 1 unspecified atom stereocenters. The molecule has 4 heterocycles. The van der Waals surface area contributed by atoms with Crippen LogP contribution in [0.3, 0.4) is 0 Å². The van der Waals surface area contributed by atoms with E-state index in [9.17, 15) is 14.7 Å².